The van der Waals surface area contributed by atoms with Crippen LogP contribution in [0.15, 0.2) is 0 Å². The van der Waals surface area contributed by atoms with Gasteiger partial charge in [-0.1, -0.05) is 0 Å². The molecule has 1 heterocycles. The molecule has 1 rings (SSSR count). The molecule has 0 radical (unpaired) electrons. The zero-order valence-electron chi connectivity index (χ0n) is 9.98. The number of aryl methyl sites for hydroxylation is 2. The lowest BCUT2D eigenvalue weighted by atomic mass is 10.3. The van der Waals surface area contributed by atoms with Gasteiger partial charge in [0.15, 0.2) is 0 Å². The van der Waals surface area contributed by atoms with E-state index in [1.807, 2.05) is 0 Å². The summed E-state index contributed by atoms with van der Waals surface area (Å²) in [6.45, 7) is 1.20. The summed E-state index contributed by atoms with van der Waals surface area (Å²) in [4.78, 5) is 10.2. The van der Waals surface area contributed by atoms with Crippen molar-refractivity contribution in [3.05, 3.63) is 15.8 Å². The van der Waals surface area contributed by atoms with E-state index in [1.54, 1.807) is 6.92 Å². The van der Waals surface area contributed by atoms with Crippen LogP contribution in [0.1, 0.15) is 12.6 Å². The molecule has 1 aromatic heterocycles. The van der Waals surface area contributed by atoms with E-state index in [0.717, 1.165) is 0 Å². The summed E-state index contributed by atoms with van der Waals surface area (Å²) in [5.74, 6) is -3.42. The van der Waals surface area contributed by atoms with E-state index < -0.39 is 24.0 Å². The van der Waals surface area contributed by atoms with E-state index >= 15 is 0 Å². The highest BCUT2D eigenvalue weighted by atomic mass is 19.3. The van der Waals surface area contributed by atoms with E-state index in [2.05, 4.69) is 10.4 Å². The molecule has 0 aliphatic rings. The molecule has 18 heavy (non-hydrogen) atoms. The summed E-state index contributed by atoms with van der Waals surface area (Å²) < 4.78 is 27.0. The number of aliphatic hydroxyl groups is 1. The van der Waals surface area contributed by atoms with Crippen molar-refractivity contribution >= 4 is 11.5 Å². The Labute approximate surface area is 102 Å². The summed E-state index contributed by atoms with van der Waals surface area (Å²) in [6, 6.07) is 0. The van der Waals surface area contributed by atoms with Gasteiger partial charge < -0.3 is 10.4 Å². The highest BCUT2D eigenvalue weighted by molar-refractivity contribution is 5.59. The van der Waals surface area contributed by atoms with E-state index in [9.17, 15) is 18.9 Å². The molecular formula is C9H14F2N4O3. The average Bonchev–Trinajstić information content (AvgIpc) is 2.63. The van der Waals surface area contributed by atoms with Crippen LogP contribution in [0, 0.1) is 17.0 Å². The molecule has 0 aromatic carbocycles. The largest absolute Gasteiger partial charge is 0.390 e. The first-order valence-corrected chi connectivity index (χ1v) is 5.26. The quantitative estimate of drug-likeness (QED) is 0.594. The van der Waals surface area contributed by atoms with Crippen molar-refractivity contribution < 1.29 is 18.8 Å². The number of nitrogens with one attached hydrogen (secondary N) is 1. The predicted octanol–water partition coefficient (Wildman–Crippen LogP) is 1.16. The molecule has 0 spiro atoms. The van der Waals surface area contributed by atoms with Crippen LogP contribution in [-0.2, 0) is 6.54 Å². The number of hydrogen-bond donors (Lipinski definition) is 2. The molecule has 7 nitrogen and oxygen atoms in total. The van der Waals surface area contributed by atoms with Crippen molar-refractivity contribution in [3.63, 3.8) is 0 Å². The van der Waals surface area contributed by atoms with Gasteiger partial charge in [-0.3, -0.25) is 10.1 Å². The first-order valence-electron chi connectivity index (χ1n) is 5.26. The van der Waals surface area contributed by atoms with Gasteiger partial charge in [-0.25, -0.2) is 13.5 Å². The molecule has 0 bridgehead atoms. The number of hydrogen-bond acceptors (Lipinski definition) is 5. The number of halogens is 2. The monoisotopic (exact) mass is 264 g/mol. The smallest absolute Gasteiger partial charge is 0.333 e. The Morgan fingerprint density at radius 1 is 1.61 bits per heavy atom. The first-order chi connectivity index (χ1) is 8.32. The highest BCUT2D eigenvalue weighted by Gasteiger charge is 2.31. The molecule has 0 atom stereocenters. The summed E-state index contributed by atoms with van der Waals surface area (Å²) in [5, 5.41) is 25.4. The van der Waals surface area contributed by atoms with Crippen molar-refractivity contribution in [3.8, 4) is 0 Å². The number of rotatable bonds is 6. The topological polar surface area (TPSA) is 93.2 Å². The van der Waals surface area contributed by atoms with Crippen molar-refractivity contribution in [2.24, 2.45) is 0 Å². The fourth-order valence-corrected chi connectivity index (χ4v) is 1.46. The third kappa shape index (κ3) is 2.92. The van der Waals surface area contributed by atoms with Crippen LogP contribution >= 0.6 is 0 Å². The fraction of sp³-hybridized carbons (Fsp3) is 0.667. The lowest BCUT2D eigenvalue weighted by Gasteiger charge is -2.14. The normalized spacial score (nSPS) is 11.6. The van der Waals surface area contributed by atoms with Crippen LogP contribution in [0.5, 0.6) is 0 Å². The van der Waals surface area contributed by atoms with Crippen LogP contribution < -0.4 is 5.32 Å². The van der Waals surface area contributed by atoms with Gasteiger partial charge in [-0.15, -0.1) is 0 Å². The van der Waals surface area contributed by atoms with Gasteiger partial charge in [0.1, 0.15) is 12.3 Å². The number of aromatic nitrogens is 2. The summed E-state index contributed by atoms with van der Waals surface area (Å²) in [5.41, 5.74) is -0.178. The molecule has 0 saturated heterocycles. The maximum absolute atomic E-state index is 12.9. The number of aliphatic hydroxyl groups excluding tert-OH is 1. The minimum Gasteiger partial charge on any atom is -0.390 e. The SMILES string of the molecule is CCn1nc(C)c([N+](=O)[O-])c1NCC(F)(F)CO. The lowest BCUT2D eigenvalue weighted by Crippen LogP contribution is -2.31. The second-order valence-electron chi connectivity index (χ2n) is 3.72. The first kappa shape index (κ1) is 14.3. The minimum atomic E-state index is -3.34. The second kappa shape index (κ2) is 5.25. The van der Waals surface area contributed by atoms with Gasteiger partial charge in [0, 0.05) is 6.54 Å². The third-order valence-electron chi connectivity index (χ3n) is 2.32. The van der Waals surface area contributed by atoms with Crippen LogP contribution in [0.3, 0.4) is 0 Å². The Balaban J connectivity index is 3.03. The van der Waals surface area contributed by atoms with Crippen LogP contribution in [-0.4, -0.2) is 38.9 Å². The van der Waals surface area contributed by atoms with Gasteiger partial charge >= 0.3 is 5.69 Å². The summed E-state index contributed by atoms with van der Waals surface area (Å²) in [6.07, 6.45) is 0. The predicted molar refractivity (Wildman–Crippen MR) is 59.8 cm³/mol. The van der Waals surface area contributed by atoms with Crippen LogP contribution in [0.4, 0.5) is 20.3 Å². The number of alkyl halides is 2. The number of anilines is 1. The van der Waals surface area contributed by atoms with Gasteiger partial charge in [0.05, 0.1) is 11.5 Å². The molecular weight excluding hydrogens is 250 g/mol. The third-order valence-corrected chi connectivity index (χ3v) is 2.32. The van der Waals surface area contributed by atoms with Crippen LogP contribution in [0.25, 0.3) is 0 Å². The molecule has 0 fully saturated rings. The van der Waals surface area contributed by atoms with E-state index in [4.69, 9.17) is 5.11 Å². The van der Waals surface area contributed by atoms with Crippen molar-refractivity contribution in [2.45, 2.75) is 26.3 Å². The molecule has 0 aliphatic carbocycles. The molecule has 0 unspecified atom stereocenters. The number of nitrogens with zero attached hydrogens (tertiary/aromatic N) is 3. The van der Waals surface area contributed by atoms with Crippen molar-refractivity contribution in [2.75, 3.05) is 18.5 Å². The Morgan fingerprint density at radius 2 is 2.22 bits per heavy atom. The zero-order chi connectivity index (χ0) is 13.9. The Bertz CT molecular complexity index is 447. The Hall–Kier alpha value is -1.77. The molecule has 1 aromatic rings. The van der Waals surface area contributed by atoms with E-state index in [0.29, 0.717) is 6.54 Å². The van der Waals surface area contributed by atoms with Gasteiger partial charge in [-0.2, -0.15) is 5.10 Å². The zero-order valence-corrected chi connectivity index (χ0v) is 9.98. The number of nitro groups is 1. The van der Waals surface area contributed by atoms with Gasteiger partial charge in [0.2, 0.25) is 5.82 Å². The summed E-state index contributed by atoms with van der Waals surface area (Å²) >= 11 is 0. The minimum absolute atomic E-state index is 0.0758. The maximum Gasteiger partial charge on any atom is 0.333 e. The van der Waals surface area contributed by atoms with Gasteiger partial charge in [-0.05, 0) is 13.8 Å². The Kier molecular flexibility index (Phi) is 4.17. The molecule has 9 heteroatoms. The average molecular weight is 264 g/mol. The molecule has 2 N–H and O–H groups in total. The molecule has 0 saturated carbocycles. The Morgan fingerprint density at radius 3 is 2.67 bits per heavy atom. The van der Waals surface area contributed by atoms with Crippen molar-refractivity contribution in [1.82, 2.24) is 9.78 Å². The maximum atomic E-state index is 12.9. The fourth-order valence-electron chi connectivity index (χ4n) is 1.46. The molecule has 0 amide bonds. The lowest BCUT2D eigenvalue weighted by molar-refractivity contribution is -0.384. The van der Waals surface area contributed by atoms with Crippen LogP contribution in [0.2, 0.25) is 0 Å². The second-order valence-corrected chi connectivity index (χ2v) is 3.72. The van der Waals surface area contributed by atoms with Gasteiger partial charge in [0.25, 0.3) is 5.92 Å². The standard InChI is InChI=1S/C9H14F2N4O3/c1-3-14-8(12-4-9(10,11)5-16)7(15(17)18)6(2)13-14/h12,16H,3-5H2,1-2H3. The van der Waals surface area contributed by atoms with E-state index in [-0.39, 0.29) is 17.2 Å². The van der Waals surface area contributed by atoms with Crippen molar-refractivity contribution in [1.29, 1.82) is 0 Å². The highest BCUT2D eigenvalue weighted by Crippen LogP contribution is 2.28. The molecule has 102 valence electrons. The molecule has 0 aliphatic heterocycles. The summed E-state index contributed by atoms with van der Waals surface area (Å²) in [7, 11) is 0. The van der Waals surface area contributed by atoms with E-state index in [1.165, 1.54) is 11.6 Å².